The number of amides is 1. The normalized spacial score (nSPS) is 26.5. The summed E-state index contributed by atoms with van der Waals surface area (Å²) in [5.74, 6) is 0.650. The van der Waals surface area contributed by atoms with Gasteiger partial charge in [0.2, 0.25) is 0 Å². The highest BCUT2D eigenvalue weighted by Gasteiger charge is 2.28. The quantitative estimate of drug-likeness (QED) is 0.923. The maximum Gasteiger partial charge on any atom is 0.257 e. The Bertz CT molecular complexity index is 559. The molecule has 132 valence electrons. The first-order valence-electron chi connectivity index (χ1n) is 8.98. The smallest absolute Gasteiger partial charge is 0.257 e. The number of carbonyl (C=O) groups excluding carboxylic acids is 1. The average molecular weight is 332 g/mol. The van der Waals surface area contributed by atoms with Crippen LogP contribution in [0, 0.1) is 5.92 Å². The number of hydrogen-bond acceptors (Lipinski definition) is 4. The van der Waals surface area contributed by atoms with Crippen LogP contribution < -0.4 is 0 Å². The van der Waals surface area contributed by atoms with E-state index in [4.69, 9.17) is 4.74 Å². The van der Waals surface area contributed by atoms with Gasteiger partial charge in [-0.05, 0) is 44.7 Å². The van der Waals surface area contributed by atoms with Crippen molar-refractivity contribution in [1.82, 2.24) is 9.80 Å². The van der Waals surface area contributed by atoms with Crippen molar-refractivity contribution < 1.29 is 14.6 Å². The van der Waals surface area contributed by atoms with Crippen LogP contribution in [0.5, 0.6) is 5.75 Å². The second-order valence-corrected chi connectivity index (χ2v) is 7.23. The topological polar surface area (TPSA) is 53.0 Å². The number of piperidine rings is 1. The minimum Gasteiger partial charge on any atom is -0.507 e. The van der Waals surface area contributed by atoms with E-state index in [1.807, 2.05) is 4.90 Å². The summed E-state index contributed by atoms with van der Waals surface area (Å²) in [4.78, 5) is 16.9. The van der Waals surface area contributed by atoms with E-state index in [1.165, 1.54) is 0 Å². The number of aromatic hydroxyl groups is 1. The van der Waals surface area contributed by atoms with Gasteiger partial charge in [0.15, 0.2) is 0 Å². The van der Waals surface area contributed by atoms with E-state index < -0.39 is 0 Å². The molecule has 0 bridgehead atoms. The van der Waals surface area contributed by atoms with E-state index in [2.05, 4.69) is 18.7 Å². The Balaban J connectivity index is 1.51. The summed E-state index contributed by atoms with van der Waals surface area (Å²) < 4.78 is 5.80. The third kappa shape index (κ3) is 4.08. The Labute approximate surface area is 144 Å². The predicted molar refractivity (Wildman–Crippen MR) is 93.2 cm³/mol. The van der Waals surface area contributed by atoms with Crippen LogP contribution in [0.15, 0.2) is 24.3 Å². The maximum absolute atomic E-state index is 12.5. The SMILES string of the molecule is C[C@@H]1CN(CC2CCN(C(=O)c3ccccc3O)CC2)C[C@@H](C)O1. The number of nitrogens with zero attached hydrogens (tertiary/aromatic N) is 2. The molecule has 0 spiro atoms. The lowest BCUT2D eigenvalue weighted by Gasteiger charge is -2.39. The molecule has 0 radical (unpaired) electrons. The van der Waals surface area contributed by atoms with Gasteiger partial charge in [-0.2, -0.15) is 0 Å². The molecule has 5 heteroatoms. The van der Waals surface area contributed by atoms with Crippen LogP contribution in [-0.2, 0) is 4.74 Å². The van der Waals surface area contributed by atoms with Gasteiger partial charge in [0.05, 0.1) is 17.8 Å². The largest absolute Gasteiger partial charge is 0.507 e. The molecule has 2 aliphatic rings. The highest BCUT2D eigenvalue weighted by atomic mass is 16.5. The van der Waals surface area contributed by atoms with Crippen molar-refractivity contribution in [3.05, 3.63) is 29.8 Å². The summed E-state index contributed by atoms with van der Waals surface area (Å²) in [6.07, 6.45) is 2.66. The van der Waals surface area contributed by atoms with Crippen LogP contribution in [0.2, 0.25) is 0 Å². The van der Waals surface area contributed by atoms with Gasteiger partial charge in [-0.15, -0.1) is 0 Å². The molecule has 5 nitrogen and oxygen atoms in total. The van der Waals surface area contributed by atoms with Gasteiger partial charge >= 0.3 is 0 Å². The molecule has 2 fully saturated rings. The molecule has 24 heavy (non-hydrogen) atoms. The molecule has 0 unspecified atom stereocenters. The lowest BCUT2D eigenvalue weighted by molar-refractivity contribution is -0.0728. The van der Waals surface area contributed by atoms with Crippen molar-refractivity contribution in [2.75, 3.05) is 32.7 Å². The van der Waals surface area contributed by atoms with Crippen LogP contribution in [0.25, 0.3) is 0 Å². The Morgan fingerprint density at radius 1 is 1.17 bits per heavy atom. The molecule has 0 aromatic heterocycles. The molecular formula is C19H28N2O3. The van der Waals surface area contributed by atoms with Crippen molar-refractivity contribution in [3.8, 4) is 5.75 Å². The lowest BCUT2D eigenvalue weighted by atomic mass is 9.95. The van der Waals surface area contributed by atoms with Gasteiger partial charge in [-0.25, -0.2) is 0 Å². The fraction of sp³-hybridized carbons (Fsp3) is 0.632. The van der Waals surface area contributed by atoms with Crippen LogP contribution in [-0.4, -0.2) is 65.7 Å². The molecule has 0 saturated carbocycles. The van der Waals surface area contributed by atoms with Crippen LogP contribution >= 0.6 is 0 Å². The first-order chi connectivity index (χ1) is 11.5. The fourth-order valence-corrected chi connectivity index (χ4v) is 3.94. The molecular weight excluding hydrogens is 304 g/mol. The Kier molecular flexibility index (Phi) is 5.41. The number of carbonyl (C=O) groups is 1. The first-order valence-corrected chi connectivity index (χ1v) is 8.98. The molecule has 2 atom stereocenters. The number of benzene rings is 1. The monoisotopic (exact) mass is 332 g/mol. The van der Waals surface area contributed by atoms with Gasteiger partial charge in [0.25, 0.3) is 5.91 Å². The second-order valence-electron chi connectivity index (χ2n) is 7.23. The number of morpholine rings is 1. The summed E-state index contributed by atoms with van der Waals surface area (Å²) >= 11 is 0. The summed E-state index contributed by atoms with van der Waals surface area (Å²) in [6.45, 7) is 8.91. The van der Waals surface area contributed by atoms with Gasteiger partial charge in [0, 0.05) is 32.7 Å². The number of phenols is 1. The van der Waals surface area contributed by atoms with Crippen LogP contribution in [0.3, 0.4) is 0 Å². The van der Waals surface area contributed by atoms with Gasteiger partial charge in [0.1, 0.15) is 5.75 Å². The number of likely N-dealkylation sites (tertiary alicyclic amines) is 1. The van der Waals surface area contributed by atoms with E-state index >= 15 is 0 Å². The number of ether oxygens (including phenoxy) is 1. The standard InChI is InChI=1S/C19H28N2O3/c1-14-11-20(12-15(2)24-14)13-16-7-9-21(10-8-16)19(23)17-5-3-4-6-18(17)22/h3-6,14-16,22H,7-13H2,1-2H3/t14-,15-/m1/s1. The van der Waals surface area contributed by atoms with Crippen LogP contribution in [0.4, 0.5) is 0 Å². The predicted octanol–water partition coefficient (Wildman–Crippen LogP) is 2.35. The molecule has 1 aromatic rings. The van der Waals surface area contributed by atoms with Crippen molar-refractivity contribution in [1.29, 1.82) is 0 Å². The third-order valence-electron chi connectivity index (χ3n) is 5.05. The molecule has 3 rings (SSSR count). The first kappa shape index (κ1) is 17.2. The highest BCUT2D eigenvalue weighted by molar-refractivity contribution is 5.96. The minimum absolute atomic E-state index is 0.0554. The zero-order chi connectivity index (χ0) is 17.1. The maximum atomic E-state index is 12.5. The molecule has 1 aromatic carbocycles. The summed E-state index contributed by atoms with van der Waals surface area (Å²) in [6, 6.07) is 6.80. The average Bonchev–Trinajstić information content (AvgIpc) is 2.54. The number of phenolic OH excluding ortho intramolecular Hbond substituents is 1. The Morgan fingerprint density at radius 3 is 2.42 bits per heavy atom. The van der Waals surface area contributed by atoms with E-state index in [0.29, 0.717) is 23.7 Å². The van der Waals surface area contributed by atoms with Crippen molar-refractivity contribution in [3.63, 3.8) is 0 Å². The van der Waals surface area contributed by atoms with Crippen molar-refractivity contribution in [2.45, 2.75) is 38.9 Å². The summed E-state index contributed by atoms with van der Waals surface area (Å²) in [5, 5.41) is 9.86. The van der Waals surface area contributed by atoms with Gasteiger partial charge in [-0.1, -0.05) is 12.1 Å². The van der Waals surface area contributed by atoms with E-state index in [9.17, 15) is 9.90 Å². The minimum atomic E-state index is -0.0554. The van der Waals surface area contributed by atoms with E-state index in [1.54, 1.807) is 24.3 Å². The number of rotatable bonds is 3. The Hall–Kier alpha value is -1.59. The lowest BCUT2D eigenvalue weighted by Crippen LogP contribution is -2.48. The molecule has 2 saturated heterocycles. The van der Waals surface area contributed by atoms with Gasteiger partial charge in [-0.3, -0.25) is 9.69 Å². The van der Waals surface area contributed by atoms with Gasteiger partial charge < -0.3 is 14.7 Å². The second kappa shape index (κ2) is 7.53. The zero-order valence-corrected chi connectivity index (χ0v) is 14.6. The number of hydrogen-bond donors (Lipinski definition) is 1. The summed E-state index contributed by atoms with van der Waals surface area (Å²) in [7, 11) is 0. The third-order valence-corrected chi connectivity index (χ3v) is 5.05. The summed E-state index contributed by atoms with van der Waals surface area (Å²) in [5.41, 5.74) is 0.409. The molecule has 1 amide bonds. The van der Waals surface area contributed by atoms with E-state index in [0.717, 1.165) is 45.6 Å². The van der Waals surface area contributed by atoms with Crippen LogP contribution in [0.1, 0.15) is 37.0 Å². The highest BCUT2D eigenvalue weighted by Crippen LogP contribution is 2.24. The molecule has 2 aliphatic heterocycles. The fourth-order valence-electron chi connectivity index (χ4n) is 3.94. The Morgan fingerprint density at radius 2 is 1.79 bits per heavy atom. The van der Waals surface area contributed by atoms with Crippen molar-refractivity contribution >= 4 is 5.91 Å². The molecule has 1 N–H and O–H groups in total. The number of para-hydroxylation sites is 1. The molecule has 2 heterocycles. The molecule has 0 aliphatic carbocycles. The van der Waals surface area contributed by atoms with Crippen molar-refractivity contribution in [2.24, 2.45) is 5.92 Å². The van der Waals surface area contributed by atoms with E-state index in [-0.39, 0.29) is 11.7 Å². The zero-order valence-electron chi connectivity index (χ0n) is 14.6.